The molecule has 1 amide bonds. The Labute approximate surface area is 156 Å². The molecule has 0 aliphatic heterocycles. The Morgan fingerprint density at radius 3 is 2.92 bits per heavy atom. The number of fused-ring (bicyclic) bond motifs is 1. The molecule has 4 heterocycles. The highest BCUT2D eigenvalue weighted by Crippen LogP contribution is 2.31. The van der Waals surface area contributed by atoms with Gasteiger partial charge < -0.3 is 9.72 Å². The Morgan fingerprint density at radius 2 is 2.16 bits per heavy atom. The zero-order valence-electron chi connectivity index (χ0n) is 12.7. The fourth-order valence-corrected chi connectivity index (χ4v) is 3.90. The molecule has 0 unspecified atom stereocenters. The van der Waals surface area contributed by atoms with Crippen LogP contribution in [-0.4, -0.2) is 25.1 Å². The van der Waals surface area contributed by atoms with Gasteiger partial charge in [-0.2, -0.15) is 5.10 Å². The molecule has 0 aromatic carbocycles. The molecule has 0 atom stereocenters. The predicted molar refractivity (Wildman–Crippen MR) is 98.8 cm³/mol. The van der Waals surface area contributed by atoms with Crippen molar-refractivity contribution in [3.63, 3.8) is 0 Å². The number of nitrogens with zero attached hydrogens (tertiary/aromatic N) is 4. The van der Waals surface area contributed by atoms with Crippen molar-refractivity contribution in [1.29, 1.82) is 0 Å². The highest BCUT2D eigenvalue weighted by molar-refractivity contribution is 7.20. The van der Waals surface area contributed by atoms with Gasteiger partial charge in [-0.15, -0.1) is 11.3 Å². The quantitative estimate of drug-likeness (QED) is 0.566. The van der Waals surface area contributed by atoms with Gasteiger partial charge in [0.1, 0.15) is 9.98 Å². The first kappa shape index (κ1) is 16.1. The summed E-state index contributed by atoms with van der Waals surface area (Å²) >= 11 is 13.0. The van der Waals surface area contributed by atoms with Gasteiger partial charge in [0.2, 0.25) is 0 Å². The summed E-state index contributed by atoms with van der Waals surface area (Å²) in [7, 11) is 0. The number of amides is 1. The van der Waals surface area contributed by atoms with E-state index in [1.807, 2.05) is 35.0 Å². The fourth-order valence-electron chi connectivity index (χ4n) is 2.44. The lowest BCUT2D eigenvalue weighted by atomic mass is 10.3. The number of aromatic nitrogens is 4. The third kappa shape index (κ3) is 3.39. The van der Waals surface area contributed by atoms with Crippen LogP contribution in [0, 0.1) is 0 Å². The Bertz CT molecular complexity index is 1030. The average molecular weight is 392 g/mol. The van der Waals surface area contributed by atoms with Crippen LogP contribution in [-0.2, 0) is 6.54 Å². The standard InChI is InChI=1S/C16H11Cl2N5OS/c17-13-5-12(15(18)25-13)16(24)21-10-6-19-23(8-10)9-11-7-22-4-2-1-3-14(22)20-11/h1-8H,9H2,(H,21,24). The van der Waals surface area contributed by atoms with Crippen LogP contribution in [0.3, 0.4) is 0 Å². The molecule has 0 bridgehead atoms. The molecule has 126 valence electrons. The van der Waals surface area contributed by atoms with Crippen LogP contribution in [0.15, 0.2) is 49.1 Å². The smallest absolute Gasteiger partial charge is 0.258 e. The van der Waals surface area contributed by atoms with Crippen molar-refractivity contribution in [2.24, 2.45) is 0 Å². The Balaban J connectivity index is 1.48. The lowest BCUT2D eigenvalue weighted by Gasteiger charge is -2.00. The zero-order chi connectivity index (χ0) is 17.4. The normalized spacial score (nSPS) is 11.1. The van der Waals surface area contributed by atoms with E-state index >= 15 is 0 Å². The van der Waals surface area contributed by atoms with Crippen LogP contribution < -0.4 is 5.32 Å². The Morgan fingerprint density at radius 1 is 1.28 bits per heavy atom. The van der Waals surface area contributed by atoms with Crippen LogP contribution >= 0.6 is 34.5 Å². The number of carbonyl (C=O) groups is 1. The number of hydrogen-bond acceptors (Lipinski definition) is 4. The highest BCUT2D eigenvalue weighted by Gasteiger charge is 2.15. The molecule has 0 aliphatic carbocycles. The van der Waals surface area contributed by atoms with E-state index in [0.717, 1.165) is 22.7 Å². The average Bonchev–Trinajstić information content (AvgIpc) is 3.26. The van der Waals surface area contributed by atoms with Gasteiger partial charge in [-0.1, -0.05) is 29.3 Å². The molecule has 0 spiro atoms. The third-order valence-corrected chi connectivity index (χ3v) is 5.02. The van der Waals surface area contributed by atoms with Crippen molar-refractivity contribution in [3.05, 3.63) is 69.0 Å². The van der Waals surface area contributed by atoms with E-state index in [-0.39, 0.29) is 5.91 Å². The van der Waals surface area contributed by atoms with Crippen molar-refractivity contribution in [2.45, 2.75) is 6.54 Å². The molecule has 4 aromatic rings. The molecule has 4 aromatic heterocycles. The first-order chi connectivity index (χ1) is 12.1. The summed E-state index contributed by atoms with van der Waals surface area (Å²) in [5, 5.41) is 7.01. The van der Waals surface area contributed by atoms with Gasteiger partial charge in [0, 0.05) is 18.6 Å². The van der Waals surface area contributed by atoms with E-state index in [2.05, 4.69) is 15.4 Å². The number of imidazole rings is 1. The van der Waals surface area contributed by atoms with E-state index < -0.39 is 0 Å². The number of nitrogens with one attached hydrogen (secondary N) is 1. The van der Waals surface area contributed by atoms with E-state index in [0.29, 0.717) is 26.5 Å². The van der Waals surface area contributed by atoms with Gasteiger partial charge in [-0.25, -0.2) is 4.98 Å². The summed E-state index contributed by atoms with van der Waals surface area (Å²) in [6, 6.07) is 7.37. The van der Waals surface area contributed by atoms with Gasteiger partial charge in [0.15, 0.2) is 0 Å². The minimum absolute atomic E-state index is 0.319. The van der Waals surface area contributed by atoms with Crippen LogP contribution in [0.5, 0.6) is 0 Å². The summed E-state index contributed by atoms with van der Waals surface area (Å²) in [5.74, 6) is -0.319. The molecule has 0 saturated carbocycles. The summed E-state index contributed by atoms with van der Waals surface area (Å²) in [6.45, 7) is 0.503. The number of carbonyl (C=O) groups excluding carboxylic acids is 1. The monoisotopic (exact) mass is 391 g/mol. The topological polar surface area (TPSA) is 64.2 Å². The number of thiophene rings is 1. The molecule has 9 heteroatoms. The van der Waals surface area contributed by atoms with Crippen molar-refractivity contribution in [2.75, 3.05) is 5.32 Å². The van der Waals surface area contributed by atoms with Crippen LogP contribution in [0.2, 0.25) is 8.67 Å². The molecule has 1 N–H and O–H groups in total. The number of halogens is 2. The van der Waals surface area contributed by atoms with Gasteiger partial charge in [0.05, 0.1) is 34.0 Å². The minimum atomic E-state index is -0.319. The van der Waals surface area contributed by atoms with Crippen molar-refractivity contribution in [1.82, 2.24) is 19.2 Å². The minimum Gasteiger partial charge on any atom is -0.319 e. The van der Waals surface area contributed by atoms with E-state index in [4.69, 9.17) is 23.2 Å². The second-order valence-corrected chi connectivity index (χ2v) is 7.60. The van der Waals surface area contributed by atoms with Crippen LogP contribution in [0.1, 0.15) is 16.1 Å². The molecule has 0 radical (unpaired) electrons. The van der Waals surface area contributed by atoms with E-state index in [9.17, 15) is 4.79 Å². The lowest BCUT2D eigenvalue weighted by Crippen LogP contribution is -2.10. The summed E-state index contributed by atoms with van der Waals surface area (Å²) in [6.07, 6.45) is 7.21. The molecule has 0 aliphatic rings. The van der Waals surface area contributed by atoms with Crippen LogP contribution in [0.4, 0.5) is 5.69 Å². The van der Waals surface area contributed by atoms with Crippen LogP contribution in [0.25, 0.3) is 5.65 Å². The third-order valence-electron chi connectivity index (χ3n) is 3.53. The van der Waals surface area contributed by atoms with Gasteiger partial charge in [-0.05, 0) is 18.2 Å². The number of rotatable bonds is 4. The summed E-state index contributed by atoms with van der Waals surface area (Å²) in [4.78, 5) is 16.8. The largest absolute Gasteiger partial charge is 0.319 e. The van der Waals surface area contributed by atoms with Gasteiger partial charge >= 0.3 is 0 Å². The molecule has 0 fully saturated rings. The first-order valence-electron chi connectivity index (χ1n) is 7.30. The SMILES string of the molecule is O=C(Nc1cnn(Cc2cn3ccccc3n2)c1)c1cc(Cl)sc1Cl. The zero-order valence-corrected chi connectivity index (χ0v) is 15.0. The Kier molecular flexibility index (Phi) is 4.20. The number of hydrogen-bond donors (Lipinski definition) is 1. The molecule has 0 saturated heterocycles. The lowest BCUT2D eigenvalue weighted by molar-refractivity contribution is 0.102. The number of anilines is 1. The second-order valence-electron chi connectivity index (χ2n) is 5.32. The maximum atomic E-state index is 12.2. The highest BCUT2D eigenvalue weighted by atomic mass is 35.5. The first-order valence-corrected chi connectivity index (χ1v) is 8.87. The van der Waals surface area contributed by atoms with Gasteiger partial charge in [-0.3, -0.25) is 9.48 Å². The maximum Gasteiger partial charge on any atom is 0.258 e. The van der Waals surface area contributed by atoms with Gasteiger partial charge in [0.25, 0.3) is 5.91 Å². The summed E-state index contributed by atoms with van der Waals surface area (Å²) < 4.78 is 4.49. The Hall–Kier alpha value is -2.35. The predicted octanol–water partition coefficient (Wildman–Crippen LogP) is 4.20. The molecule has 25 heavy (non-hydrogen) atoms. The second kappa shape index (κ2) is 6.51. The molecular formula is C16H11Cl2N5OS. The van der Waals surface area contributed by atoms with E-state index in [1.54, 1.807) is 23.1 Å². The number of pyridine rings is 1. The molecule has 6 nitrogen and oxygen atoms in total. The van der Waals surface area contributed by atoms with Crippen molar-refractivity contribution < 1.29 is 4.79 Å². The van der Waals surface area contributed by atoms with Crippen molar-refractivity contribution in [3.8, 4) is 0 Å². The molecular weight excluding hydrogens is 381 g/mol. The maximum absolute atomic E-state index is 12.2. The fraction of sp³-hybridized carbons (Fsp3) is 0.0625. The summed E-state index contributed by atoms with van der Waals surface area (Å²) in [5.41, 5.74) is 2.68. The van der Waals surface area contributed by atoms with Crippen molar-refractivity contribution >= 4 is 51.8 Å². The van der Waals surface area contributed by atoms with E-state index in [1.165, 1.54) is 0 Å². The molecule has 4 rings (SSSR count).